The number of rotatable bonds is 4. The SMILES string of the molecule is C[C@@H](NC(=O)C=Cc1ccccc1Br)C(=O)O. The highest BCUT2D eigenvalue weighted by molar-refractivity contribution is 9.10. The van der Waals surface area contributed by atoms with Crippen molar-refractivity contribution in [1.29, 1.82) is 0 Å². The van der Waals surface area contributed by atoms with E-state index in [0.717, 1.165) is 10.0 Å². The van der Waals surface area contributed by atoms with Crippen molar-refractivity contribution in [2.24, 2.45) is 0 Å². The van der Waals surface area contributed by atoms with Gasteiger partial charge in [-0.1, -0.05) is 34.1 Å². The summed E-state index contributed by atoms with van der Waals surface area (Å²) in [5.74, 6) is -1.50. The summed E-state index contributed by atoms with van der Waals surface area (Å²) >= 11 is 3.34. The number of nitrogens with one attached hydrogen (secondary N) is 1. The molecule has 0 aliphatic heterocycles. The second-order valence-electron chi connectivity index (χ2n) is 3.42. The lowest BCUT2D eigenvalue weighted by atomic mass is 10.2. The lowest BCUT2D eigenvalue weighted by Crippen LogP contribution is -2.37. The average Bonchev–Trinajstić information content (AvgIpc) is 2.27. The number of carboxylic acids is 1. The fraction of sp³-hybridized carbons (Fsp3) is 0.167. The third-order valence-corrected chi connectivity index (χ3v) is 2.77. The highest BCUT2D eigenvalue weighted by atomic mass is 79.9. The third-order valence-electron chi connectivity index (χ3n) is 2.05. The zero-order chi connectivity index (χ0) is 12.8. The first-order chi connectivity index (χ1) is 8.00. The first-order valence-corrected chi connectivity index (χ1v) is 5.76. The number of amides is 1. The first-order valence-electron chi connectivity index (χ1n) is 4.96. The number of aliphatic carboxylic acids is 1. The number of carbonyl (C=O) groups excluding carboxylic acids is 1. The molecule has 0 heterocycles. The summed E-state index contributed by atoms with van der Waals surface area (Å²) in [6.45, 7) is 1.41. The lowest BCUT2D eigenvalue weighted by molar-refractivity contribution is -0.140. The molecule has 1 atom stereocenters. The van der Waals surface area contributed by atoms with E-state index in [4.69, 9.17) is 5.11 Å². The number of hydrogen-bond acceptors (Lipinski definition) is 2. The fourth-order valence-corrected chi connectivity index (χ4v) is 1.52. The third kappa shape index (κ3) is 4.40. The summed E-state index contributed by atoms with van der Waals surface area (Å²) < 4.78 is 0.871. The summed E-state index contributed by atoms with van der Waals surface area (Å²) in [5.41, 5.74) is 0.852. The normalized spacial score (nSPS) is 12.4. The van der Waals surface area contributed by atoms with E-state index < -0.39 is 17.9 Å². The van der Waals surface area contributed by atoms with Gasteiger partial charge in [-0.25, -0.2) is 0 Å². The van der Waals surface area contributed by atoms with Crippen LogP contribution >= 0.6 is 15.9 Å². The zero-order valence-electron chi connectivity index (χ0n) is 9.18. The standard InChI is InChI=1S/C12H12BrNO3/c1-8(12(16)17)14-11(15)7-6-9-4-2-3-5-10(9)13/h2-8H,1H3,(H,14,15)(H,16,17)/t8-/m1/s1. The van der Waals surface area contributed by atoms with Crippen molar-refractivity contribution in [2.75, 3.05) is 0 Å². The van der Waals surface area contributed by atoms with Gasteiger partial charge in [-0.2, -0.15) is 0 Å². The van der Waals surface area contributed by atoms with Crippen LogP contribution in [0, 0.1) is 0 Å². The van der Waals surface area contributed by atoms with Crippen LogP contribution in [0.2, 0.25) is 0 Å². The van der Waals surface area contributed by atoms with Crippen LogP contribution < -0.4 is 5.32 Å². The molecule has 0 bridgehead atoms. The van der Waals surface area contributed by atoms with Crippen molar-refractivity contribution in [3.05, 3.63) is 40.4 Å². The Morgan fingerprint density at radius 1 is 1.41 bits per heavy atom. The van der Waals surface area contributed by atoms with Gasteiger partial charge in [0, 0.05) is 10.5 Å². The summed E-state index contributed by atoms with van der Waals surface area (Å²) in [6, 6.07) is 6.52. The van der Waals surface area contributed by atoms with E-state index in [1.165, 1.54) is 13.0 Å². The number of benzene rings is 1. The molecular formula is C12H12BrNO3. The van der Waals surface area contributed by atoms with Gasteiger partial charge in [-0.15, -0.1) is 0 Å². The number of halogens is 1. The van der Waals surface area contributed by atoms with E-state index in [0.29, 0.717) is 0 Å². The molecular weight excluding hydrogens is 286 g/mol. The van der Waals surface area contributed by atoms with Crippen molar-refractivity contribution < 1.29 is 14.7 Å². The average molecular weight is 298 g/mol. The molecule has 0 aliphatic rings. The van der Waals surface area contributed by atoms with Crippen LogP contribution in [0.5, 0.6) is 0 Å². The van der Waals surface area contributed by atoms with E-state index >= 15 is 0 Å². The predicted molar refractivity (Wildman–Crippen MR) is 68.4 cm³/mol. The quantitative estimate of drug-likeness (QED) is 0.836. The molecule has 1 rings (SSSR count). The minimum Gasteiger partial charge on any atom is -0.480 e. The van der Waals surface area contributed by atoms with Gasteiger partial charge in [0.25, 0.3) is 0 Å². The van der Waals surface area contributed by atoms with E-state index in [2.05, 4.69) is 21.2 Å². The van der Waals surface area contributed by atoms with Crippen molar-refractivity contribution in [1.82, 2.24) is 5.32 Å². The Labute approximate surface area is 107 Å². The molecule has 1 amide bonds. The van der Waals surface area contributed by atoms with Gasteiger partial charge < -0.3 is 10.4 Å². The molecule has 0 saturated heterocycles. The van der Waals surface area contributed by atoms with E-state index in [1.54, 1.807) is 6.08 Å². The highest BCUT2D eigenvalue weighted by Crippen LogP contribution is 2.16. The molecule has 0 fully saturated rings. The Hall–Kier alpha value is -1.62. The number of carbonyl (C=O) groups is 2. The van der Waals surface area contributed by atoms with Gasteiger partial charge in [-0.05, 0) is 24.6 Å². The van der Waals surface area contributed by atoms with Crippen molar-refractivity contribution >= 4 is 33.9 Å². The molecule has 2 N–H and O–H groups in total. The fourth-order valence-electron chi connectivity index (χ4n) is 1.10. The minimum atomic E-state index is -1.06. The van der Waals surface area contributed by atoms with Crippen LogP contribution in [-0.4, -0.2) is 23.0 Å². The molecule has 0 aromatic heterocycles. The van der Waals surface area contributed by atoms with Crippen molar-refractivity contribution in [3.63, 3.8) is 0 Å². The summed E-state index contributed by atoms with van der Waals surface area (Å²) in [7, 11) is 0. The summed E-state index contributed by atoms with van der Waals surface area (Å²) in [4.78, 5) is 21.9. The molecule has 0 radical (unpaired) electrons. The minimum absolute atomic E-state index is 0.435. The molecule has 1 aromatic carbocycles. The molecule has 0 aliphatic carbocycles. The monoisotopic (exact) mass is 297 g/mol. The second-order valence-corrected chi connectivity index (χ2v) is 4.28. The number of hydrogen-bond donors (Lipinski definition) is 2. The molecule has 17 heavy (non-hydrogen) atoms. The van der Waals surface area contributed by atoms with Crippen LogP contribution in [0.15, 0.2) is 34.8 Å². The molecule has 90 valence electrons. The Morgan fingerprint density at radius 3 is 2.65 bits per heavy atom. The van der Waals surface area contributed by atoms with Crippen LogP contribution in [-0.2, 0) is 9.59 Å². The van der Waals surface area contributed by atoms with E-state index in [-0.39, 0.29) is 0 Å². The predicted octanol–water partition coefficient (Wildman–Crippen LogP) is 2.05. The Balaban J connectivity index is 2.63. The number of carboxylic acid groups (broad SMARTS) is 1. The Bertz CT molecular complexity index is 457. The maximum atomic E-state index is 11.4. The largest absolute Gasteiger partial charge is 0.480 e. The van der Waals surface area contributed by atoms with Gasteiger partial charge in [-0.3, -0.25) is 9.59 Å². The zero-order valence-corrected chi connectivity index (χ0v) is 10.8. The maximum absolute atomic E-state index is 11.4. The molecule has 4 nitrogen and oxygen atoms in total. The summed E-state index contributed by atoms with van der Waals surface area (Å²) in [6.07, 6.45) is 2.92. The Kier molecular flexibility index (Phi) is 4.90. The lowest BCUT2D eigenvalue weighted by Gasteiger charge is -2.06. The van der Waals surface area contributed by atoms with Crippen LogP contribution in [0.4, 0.5) is 0 Å². The highest BCUT2D eigenvalue weighted by Gasteiger charge is 2.11. The van der Waals surface area contributed by atoms with Gasteiger partial charge in [0.1, 0.15) is 6.04 Å². The molecule has 5 heteroatoms. The van der Waals surface area contributed by atoms with Crippen molar-refractivity contribution in [2.45, 2.75) is 13.0 Å². The second kappa shape index (κ2) is 6.20. The van der Waals surface area contributed by atoms with Gasteiger partial charge in [0.05, 0.1) is 0 Å². The molecule has 1 aromatic rings. The van der Waals surface area contributed by atoms with Crippen LogP contribution in [0.3, 0.4) is 0 Å². The van der Waals surface area contributed by atoms with Crippen molar-refractivity contribution in [3.8, 4) is 0 Å². The van der Waals surface area contributed by atoms with E-state index in [1.807, 2.05) is 24.3 Å². The smallest absolute Gasteiger partial charge is 0.325 e. The Morgan fingerprint density at radius 2 is 2.06 bits per heavy atom. The van der Waals surface area contributed by atoms with Crippen LogP contribution in [0.25, 0.3) is 6.08 Å². The van der Waals surface area contributed by atoms with Crippen LogP contribution in [0.1, 0.15) is 12.5 Å². The first kappa shape index (κ1) is 13.4. The van der Waals surface area contributed by atoms with Gasteiger partial charge in [0.15, 0.2) is 0 Å². The molecule has 0 spiro atoms. The molecule has 0 unspecified atom stereocenters. The maximum Gasteiger partial charge on any atom is 0.325 e. The van der Waals surface area contributed by atoms with E-state index in [9.17, 15) is 9.59 Å². The molecule has 0 saturated carbocycles. The topological polar surface area (TPSA) is 66.4 Å². The van der Waals surface area contributed by atoms with Gasteiger partial charge >= 0.3 is 5.97 Å². The van der Waals surface area contributed by atoms with Gasteiger partial charge in [0.2, 0.25) is 5.91 Å². The summed E-state index contributed by atoms with van der Waals surface area (Å²) in [5, 5.41) is 10.9.